The number of nitrogens with zero attached hydrogens (tertiary/aromatic N) is 3. The molecule has 0 aliphatic carbocycles. The summed E-state index contributed by atoms with van der Waals surface area (Å²) in [6.07, 6.45) is 3.65. The average Bonchev–Trinajstić information content (AvgIpc) is 3.11. The zero-order chi connectivity index (χ0) is 20.8. The lowest BCUT2D eigenvalue weighted by Gasteiger charge is -2.15. The van der Waals surface area contributed by atoms with Crippen molar-refractivity contribution < 1.29 is 19.0 Å². The van der Waals surface area contributed by atoms with Crippen molar-refractivity contribution in [2.75, 3.05) is 11.9 Å². The van der Waals surface area contributed by atoms with Crippen molar-refractivity contribution in [1.82, 2.24) is 15.0 Å². The number of phenolic OH excluding ortho intramolecular Hbond substituents is 1. The number of anilines is 1. The van der Waals surface area contributed by atoms with Gasteiger partial charge < -0.3 is 9.84 Å². The van der Waals surface area contributed by atoms with Crippen LogP contribution in [0.5, 0.6) is 5.75 Å². The van der Waals surface area contributed by atoms with E-state index in [9.17, 15) is 14.3 Å². The van der Waals surface area contributed by atoms with Gasteiger partial charge in [-0.15, -0.1) is 15.0 Å². The number of carbonyl (C=O) groups is 1. The Kier molecular flexibility index (Phi) is 6.64. The summed E-state index contributed by atoms with van der Waals surface area (Å²) in [5.74, 6) is -0.189. The molecule has 1 amide bonds. The molecule has 0 fully saturated rings. The summed E-state index contributed by atoms with van der Waals surface area (Å²) in [4.78, 5) is 13.3. The highest BCUT2D eigenvalue weighted by atomic mass is 19.1. The van der Waals surface area contributed by atoms with E-state index in [2.05, 4.69) is 29.4 Å². The van der Waals surface area contributed by atoms with Crippen LogP contribution < -0.4 is 5.32 Å². The van der Waals surface area contributed by atoms with Crippen molar-refractivity contribution in [1.29, 1.82) is 0 Å². The summed E-state index contributed by atoms with van der Waals surface area (Å²) in [7, 11) is 0. The van der Waals surface area contributed by atoms with E-state index in [1.165, 1.54) is 29.1 Å². The van der Waals surface area contributed by atoms with Crippen LogP contribution in [0.4, 0.5) is 14.9 Å². The van der Waals surface area contributed by atoms with Crippen molar-refractivity contribution in [2.45, 2.75) is 39.5 Å². The minimum atomic E-state index is -0.564. The SMILES string of the molecule is CCCCC(CC)COC(=O)Nc1ccc(-n2nc3ccc(F)cc3n2)c(O)c1. The number of hydrogen-bond donors (Lipinski definition) is 2. The molecule has 1 atom stereocenters. The van der Waals surface area contributed by atoms with Crippen LogP contribution in [0, 0.1) is 11.7 Å². The monoisotopic (exact) mass is 400 g/mol. The van der Waals surface area contributed by atoms with Gasteiger partial charge in [-0.1, -0.05) is 33.1 Å². The van der Waals surface area contributed by atoms with Crippen LogP contribution in [0.1, 0.15) is 39.5 Å². The first kappa shape index (κ1) is 20.6. The Morgan fingerprint density at radius 1 is 1.21 bits per heavy atom. The first-order valence-corrected chi connectivity index (χ1v) is 9.80. The third kappa shape index (κ3) is 5.22. The smallest absolute Gasteiger partial charge is 0.411 e. The second-order valence-corrected chi connectivity index (χ2v) is 6.97. The Hall–Kier alpha value is -3.16. The number of aromatic hydroxyl groups is 1. The molecule has 1 aromatic heterocycles. The lowest BCUT2D eigenvalue weighted by Crippen LogP contribution is -2.18. The van der Waals surface area contributed by atoms with E-state index < -0.39 is 11.9 Å². The second-order valence-electron chi connectivity index (χ2n) is 6.97. The van der Waals surface area contributed by atoms with E-state index in [-0.39, 0.29) is 5.75 Å². The molecule has 0 spiro atoms. The average molecular weight is 400 g/mol. The molecule has 3 aromatic rings. The molecule has 8 heteroatoms. The molecule has 0 aliphatic rings. The van der Waals surface area contributed by atoms with Gasteiger partial charge in [0, 0.05) is 17.8 Å². The maximum atomic E-state index is 13.3. The number of unbranched alkanes of at least 4 members (excludes halogenated alkanes) is 1. The molecule has 2 aromatic carbocycles. The van der Waals surface area contributed by atoms with Gasteiger partial charge in [0.2, 0.25) is 0 Å². The third-order valence-corrected chi connectivity index (χ3v) is 4.77. The van der Waals surface area contributed by atoms with Gasteiger partial charge in [0.05, 0.1) is 6.61 Å². The molecule has 29 heavy (non-hydrogen) atoms. The number of ether oxygens (including phenoxy) is 1. The Labute approximate surface area is 168 Å². The quantitative estimate of drug-likeness (QED) is 0.553. The van der Waals surface area contributed by atoms with E-state index in [0.717, 1.165) is 25.7 Å². The van der Waals surface area contributed by atoms with Gasteiger partial charge in [-0.3, -0.25) is 5.32 Å². The fraction of sp³-hybridized carbons (Fsp3) is 0.381. The molecule has 0 bridgehead atoms. The molecule has 0 saturated heterocycles. The first-order chi connectivity index (χ1) is 14.0. The zero-order valence-electron chi connectivity index (χ0n) is 16.6. The van der Waals surface area contributed by atoms with Gasteiger partial charge in [0.1, 0.15) is 28.3 Å². The highest BCUT2D eigenvalue weighted by molar-refractivity contribution is 5.85. The predicted octanol–water partition coefficient (Wildman–Crippen LogP) is 5.03. The number of amides is 1. The van der Waals surface area contributed by atoms with Crippen LogP contribution in [-0.4, -0.2) is 32.8 Å². The molecular formula is C21H25FN4O3. The third-order valence-electron chi connectivity index (χ3n) is 4.77. The first-order valence-electron chi connectivity index (χ1n) is 9.80. The van der Waals surface area contributed by atoms with E-state index in [0.29, 0.717) is 34.9 Å². The van der Waals surface area contributed by atoms with Crippen LogP contribution in [0.2, 0.25) is 0 Å². The van der Waals surface area contributed by atoms with Crippen molar-refractivity contribution in [3.63, 3.8) is 0 Å². The molecule has 0 radical (unpaired) electrons. The number of rotatable bonds is 8. The number of carbonyl (C=O) groups excluding carboxylic acids is 1. The molecule has 2 N–H and O–H groups in total. The number of fused-ring (bicyclic) bond motifs is 1. The van der Waals surface area contributed by atoms with Crippen LogP contribution in [0.3, 0.4) is 0 Å². The molecule has 1 heterocycles. The molecule has 154 valence electrons. The molecule has 0 aliphatic heterocycles. The van der Waals surface area contributed by atoms with Gasteiger partial charge in [0.15, 0.2) is 0 Å². The Morgan fingerprint density at radius 3 is 2.72 bits per heavy atom. The van der Waals surface area contributed by atoms with E-state index in [4.69, 9.17) is 4.74 Å². The maximum absolute atomic E-state index is 13.3. The number of benzene rings is 2. The fourth-order valence-corrected chi connectivity index (χ4v) is 3.01. The summed E-state index contributed by atoms with van der Waals surface area (Å²) in [6, 6.07) is 8.65. The minimum absolute atomic E-state index is 0.127. The van der Waals surface area contributed by atoms with Gasteiger partial charge in [-0.05, 0) is 36.6 Å². The number of phenols is 1. The number of hydrogen-bond acceptors (Lipinski definition) is 5. The van der Waals surface area contributed by atoms with Crippen LogP contribution in [0.15, 0.2) is 36.4 Å². The van der Waals surface area contributed by atoms with Crippen molar-refractivity contribution >= 4 is 22.8 Å². The Bertz CT molecular complexity index is 989. The summed E-state index contributed by atoms with van der Waals surface area (Å²) in [5, 5.41) is 21.3. The van der Waals surface area contributed by atoms with Gasteiger partial charge in [-0.2, -0.15) is 0 Å². The zero-order valence-corrected chi connectivity index (χ0v) is 16.6. The van der Waals surface area contributed by atoms with Gasteiger partial charge in [-0.25, -0.2) is 9.18 Å². The highest BCUT2D eigenvalue weighted by Crippen LogP contribution is 2.26. The van der Waals surface area contributed by atoms with Crippen LogP contribution in [0.25, 0.3) is 16.7 Å². The van der Waals surface area contributed by atoms with Crippen molar-refractivity contribution in [2.24, 2.45) is 5.92 Å². The highest BCUT2D eigenvalue weighted by Gasteiger charge is 2.13. The summed E-state index contributed by atoms with van der Waals surface area (Å²) in [5.41, 5.74) is 1.58. The van der Waals surface area contributed by atoms with E-state index >= 15 is 0 Å². The molecular weight excluding hydrogens is 375 g/mol. The normalized spacial score (nSPS) is 12.1. The summed E-state index contributed by atoms with van der Waals surface area (Å²) < 4.78 is 18.6. The number of nitrogens with one attached hydrogen (secondary N) is 1. The summed E-state index contributed by atoms with van der Waals surface area (Å²) >= 11 is 0. The minimum Gasteiger partial charge on any atom is -0.506 e. The molecule has 3 rings (SSSR count). The van der Waals surface area contributed by atoms with Crippen molar-refractivity contribution in [3.05, 3.63) is 42.2 Å². The lowest BCUT2D eigenvalue weighted by atomic mass is 10.0. The molecule has 1 unspecified atom stereocenters. The van der Waals surface area contributed by atoms with Gasteiger partial charge in [0.25, 0.3) is 0 Å². The molecule has 0 saturated carbocycles. The second kappa shape index (κ2) is 9.36. The maximum Gasteiger partial charge on any atom is 0.411 e. The van der Waals surface area contributed by atoms with Crippen LogP contribution in [-0.2, 0) is 4.74 Å². The van der Waals surface area contributed by atoms with E-state index in [1.807, 2.05) is 0 Å². The largest absolute Gasteiger partial charge is 0.506 e. The van der Waals surface area contributed by atoms with Crippen molar-refractivity contribution in [3.8, 4) is 11.4 Å². The number of aromatic nitrogens is 3. The summed E-state index contributed by atoms with van der Waals surface area (Å²) in [6.45, 7) is 4.59. The van der Waals surface area contributed by atoms with Gasteiger partial charge >= 0.3 is 6.09 Å². The Balaban J connectivity index is 1.65. The van der Waals surface area contributed by atoms with Crippen LogP contribution >= 0.6 is 0 Å². The molecule has 7 nitrogen and oxygen atoms in total. The standard InChI is InChI=1S/C21H25FN4O3/c1-3-5-6-14(4-2)13-29-21(28)23-16-8-10-19(20(27)12-16)26-24-17-9-7-15(22)11-18(17)25-26/h7-12,14,27H,3-6,13H2,1-2H3,(H,23,28). The topological polar surface area (TPSA) is 89.3 Å². The Morgan fingerprint density at radius 2 is 2.00 bits per heavy atom. The number of halogens is 1. The van der Waals surface area contributed by atoms with E-state index in [1.54, 1.807) is 12.1 Å². The fourth-order valence-electron chi connectivity index (χ4n) is 3.01. The predicted molar refractivity (Wildman–Crippen MR) is 109 cm³/mol. The lowest BCUT2D eigenvalue weighted by molar-refractivity contribution is 0.136.